The van der Waals surface area contributed by atoms with Crippen LogP contribution in [0, 0.1) is 5.41 Å². The molecule has 0 saturated carbocycles. The molecular formula is C18H29N3OS. The van der Waals surface area contributed by atoms with Crippen molar-refractivity contribution in [3.8, 4) is 0 Å². The topological polar surface area (TPSA) is 44.7 Å². The standard InChI is InChI=1S/C18H29N3OS/c1-17(2)14-21(18(17,3)4)16(19-5)20-11-12-23(22)13-15-9-7-6-8-10-15/h6-10H,11-14H2,1-5H3,(H,19,20). The molecule has 1 fully saturated rings. The van der Waals surface area contributed by atoms with Gasteiger partial charge < -0.3 is 10.2 Å². The summed E-state index contributed by atoms with van der Waals surface area (Å²) in [6.07, 6.45) is 0. The van der Waals surface area contributed by atoms with E-state index in [0.29, 0.717) is 18.1 Å². The third-order valence-electron chi connectivity index (χ3n) is 5.14. The maximum atomic E-state index is 12.2. The monoisotopic (exact) mass is 335 g/mol. The molecule has 1 heterocycles. The zero-order valence-corrected chi connectivity index (χ0v) is 15.7. The Morgan fingerprint density at radius 2 is 1.91 bits per heavy atom. The molecular weight excluding hydrogens is 306 g/mol. The van der Waals surface area contributed by atoms with Crippen LogP contribution >= 0.6 is 0 Å². The largest absolute Gasteiger partial charge is 0.355 e. The summed E-state index contributed by atoms with van der Waals surface area (Å²) in [4.78, 5) is 6.68. The van der Waals surface area contributed by atoms with E-state index < -0.39 is 10.8 Å². The van der Waals surface area contributed by atoms with E-state index in [4.69, 9.17) is 0 Å². The van der Waals surface area contributed by atoms with Crippen LogP contribution in [0.4, 0.5) is 0 Å². The van der Waals surface area contributed by atoms with Crippen LogP contribution in [0.5, 0.6) is 0 Å². The second-order valence-corrected chi connectivity index (χ2v) is 8.85. The van der Waals surface area contributed by atoms with Gasteiger partial charge in [-0.25, -0.2) is 0 Å². The Bertz CT molecular complexity index is 581. The van der Waals surface area contributed by atoms with Crippen LogP contribution in [0.25, 0.3) is 0 Å². The lowest BCUT2D eigenvalue weighted by molar-refractivity contribution is -0.0666. The summed E-state index contributed by atoms with van der Waals surface area (Å²) in [5.41, 5.74) is 1.49. The molecule has 0 radical (unpaired) electrons. The molecule has 0 spiro atoms. The highest BCUT2D eigenvalue weighted by Gasteiger charge is 2.53. The van der Waals surface area contributed by atoms with Gasteiger partial charge in [-0.1, -0.05) is 44.2 Å². The molecule has 5 heteroatoms. The van der Waals surface area contributed by atoms with Crippen molar-refractivity contribution >= 4 is 16.8 Å². The molecule has 0 aromatic heterocycles. The zero-order valence-electron chi connectivity index (χ0n) is 14.9. The highest BCUT2D eigenvalue weighted by atomic mass is 32.2. The van der Waals surface area contributed by atoms with Crippen molar-refractivity contribution in [2.24, 2.45) is 10.4 Å². The van der Waals surface area contributed by atoms with Gasteiger partial charge >= 0.3 is 0 Å². The van der Waals surface area contributed by atoms with Crippen molar-refractivity contribution in [2.75, 3.05) is 25.9 Å². The van der Waals surface area contributed by atoms with Gasteiger partial charge in [0.2, 0.25) is 0 Å². The Morgan fingerprint density at radius 1 is 1.26 bits per heavy atom. The Hall–Kier alpha value is -1.36. The molecule has 1 atom stereocenters. The molecule has 4 nitrogen and oxygen atoms in total. The second-order valence-electron chi connectivity index (χ2n) is 7.28. The molecule has 1 saturated heterocycles. The molecule has 1 aliphatic rings. The van der Waals surface area contributed by atoms with Gasteiger partial charge in [-0.2, -0.15) is 0 Å². The van der Waals surface area contributed by atoms with E-state index in [-0.39, 0.29) is 11.0 Å². The number of nitrogens with zero attached hydrogens (tertiary/aromatic N) is 2. The average Bonchev–Trinajstić information content (AvgIpc) is 2.51. The molecule has 0 bridgehead atoms. The molecule has 2 rings (SSSR count). The SMILES string of the molecule is CN=C(NCCS(=O)Cc1ccccc1)N1CC(C)(C)C1(C)C. The number of guanidine groups is 1. The minimum Gasteiger partial charge on any atom is -0.355 e. The van der Waals surface area contributed by atoms with E-state index in [0.717, 1.165) is 18.1 Å². The molecule has 1 aromatic rings. The summed E-state index contributed by atoms with van der Waals surface area (Å²) in [6, 6.07) is 10.00. The fourth-order valence-corrected chi connectivity index (χ4v) is 3.84. The maximum Gasteiger partial charge on any atom is 0.194 e. The fourth-order valence-electron chi connectivity index (χ4n) is 2.80. The highest BCUT2D eigenvalue weighted by molar-refractivity contribution is 7.84. The quantitative estimate of drug-likeness (QED) is 0.664. The van der Waals surface area contributed by atoms with Gasteiger partial charge in [0.15, 0.2) is 5.96 Å². The molecule has 23 heavy (non-hydrogen) atoms. The van der Waals surface area contributed by atoms with E-state index in [2.05, 4.69) is 42.9 Å². The number of rotatable bonds is 5. The van der Waals surface area contributed by atoms with Crippen molar-refractivity contribution in [1.82, 2.24) is 10.2 Å². The van der Waals surface area contributed by atoms with Crippen molar-refractivity contribution in [3.05, 3.63) is 35.9 Å². The first kappa shape index (κ1) is 18.0. The molecule has 1 N–H and O–H groups in total. The van der Waals surface area contributed by atoms with Gasteiger partial charge in [0.05, 0.1) is 0 Å². The zero-order chi connectivity index (χ0) is 17.1. The van der Waals surface area contributed by atoms with Crippen LogP contribution in [0.3, 0.4) is 0 Å². The predicted octanol–water partition coefficient (Wildman–Crippen LogP) is 2.63. The predicted molar refractivity (Wildman–Crippen MR) is 99.1 cm³/mol. The number of nitrogens with one attached hydrogen (secondary N) is 1. The van der Waals surface area contributed by atoms with Crippen molar-refractivity contribution in [1.29, 1.82) is 0 Å². The van der Waals surface area contributed by atoms with Gasteiger partial charge in [-0.15, -0.1) is 0 Å². The van der Waals surface area contributed by atoms with Gasteiger partial charge in [-0.05, 0) is 19.4 Å². The van der Waals surface area contributed by atoms with Crippen LogP contribution < -0.4 is 5.32 Å². The first-order chi connectivity index (χ1) is 10.8. The smallest absolute Gasteiger partial charge is 0.194 e. The summed E-state index contributed by atoms with van der Waals surface area (Å²) in [5, 5.41) is 3.36. The minimum absolute atomic E-state index is 0.0814. The lowest BCUT2D eigenvalue weighted by Crippen LogP contribution is -2.72. The lowest BCUT2D eigenvalue weighted by atomic mass is 9.65. The molecule has 0 aliphatic carbocycles. The first-order valence-corrected chi connectivity index (χ1v) is 9.64. The van der Waals surface area contributed by atoms with E-state index in [1.165, 1.54) is 0 Å². The molecule has 1 aliphatic heterocycles. The van der Waals surface area contributed by atoms with E-state index in [9.17, 15) is 4.21 Å². The molecule has 0 amide bonds. The first-order valence-electron chi connectivity index (χ1n) is 8.15. The Labute approximate surface area is 142 Å². The Kier molecular flexibility index (Phi) is 5.50. The van der Waals surface area contributed by atoms with Gasteiger partial charge in [0, 0.05) is 53.4 Å². The highest BCUT2D eigenvalue weighted by Crippen LogP contribution is 2.46. The van der Waals surface area contributed by atoms with Crippen LogP contribution in [0.15, 0.2) is 35.3 Å². The van der Waals surface area contributed by atoms with Crippen LogP contribution in [-0.2, 0) is 16.6 Å². The Balaban J connectivity index is 1.80. The van der Waals surface area contributed by atoms with Crippen LogP contribution in [0.1, 0.15) is 33.3 Å². The Morgan fingerprint density at radius 3 is 2.43 bits per heavy atom. The third kappa shape index (κ3) is 3.94. The van der Waals surface area contributed by atoms with Gasteiger partial charge in [0.1, 0.15) is 0 Å². The van der Waals surface area contributed by atoms with E-state index in [1.807, 2.05) is 37.4 Å². The van der Waals surface area contributed by atoms with Crippen molar-refractivity contribution < 1.29 is 4.21 Å². The number of benzene rings is 1. The van der Waals surface area contributed by atoms with Crippen molar-refractivity contribution in [2.45, 2.75) is 39.0 Å². The van der Waals surface area contributed by atoms with Gasteiger partial charge in [0.25, 0.3) is 0 Å². The van der Waals surface area contributed by atoms with Crippen LogP contribution in [-0.4, -0.2) is 46.5 Å². The number of hydrogen-bond donors (Lipinski definition) is 1. The van der Waals surface area contributed by atoms with Gasteiger partial charge in [-0.3, -0.25) is 9.20 Å². The second kappa shape index (κ2) is 7.04. The summed E-state index contributed by atoms with van der Waals surface area (Å²) < 4.78 is 12.2. The minimum atomic E-state index is -0.857. The van der Waals surface area contributed by atoms with Crippen LogP contribution in [0.2, 0.25) is 0 Å². The number of likely N-dealkylation sites (tertiary alicyclic amines) is 1. The molecule has 128 valence electrons. The summed E-state index contributed by atoms with van der Waals surface area (Å²) in [7, 11) is 0.953. The summed E-state index contributed by atoms with van der Waals surface area (Å²) in [6.45, 7) is 10.7. The maximum absolute atomic E-state index is 12.2. The molecule has 1 unspecified atom stereocenters. The summed E-state index contributed by atoms with van der Waals surface area (Å²) >= 11 is 0. The van der Waals surface area contributed by atoms with E-state index in [1.54, 1.807) is 0 Å². The molecule has 1 aromatic carbocycles. The normalized spacial score (nSPS) is 20.7. The van der Waals surface area contributed by atoms with E-state index >= 15 is 0 Å². The average molecular weight is 336 g/mol. The third-order valence-corrected chi connectivity index (χ3v) is 6.45. The summed E-state index contributed by atoms with van der Waals surface area (Å²) in [5.74, 6) is 2.15. The fraction of sp³-hybridized carbons (Fsp3) is 0.611. The number of aliphatic imine (C=N–C) groups is 1. The lowest BCUT2D eigenvalue weighted by Gasteiger charge is -2.62. The van der Waals surface area contributed by atoms with Crippen molar-refractivity contribution in [3.63, 3.8) is 0 Å². The number of hydrogen-bond acceptors (Lipinski definition) is 2.